The lowest BCUT2D eigenvalue weighted by atomic mass is 9.92. The van der Waals surface area contributed by atoms with Crippen LogP contribution in [0.2, 0.25) is 0 Å². The Balaban J connectivity index is 4.13. The maximum atomic E-state index is 10.2. The normalized spacial score (nSPS) is 15.9. The van der Waals surface area contributed by atoms with Crippen LogP contribution >= 0.6 is 0 Å². The fourth-order valence-corrected chi connectivity index (χ4v) is 0.465. The summed E-state index contributed by atoms with van der Waals surface area (Å²) in [7, 11) is 0. The van der Waals surface area contributed by atoms with E-state index in [9.17, 15) is 4.79 Å². The minimum Gasteiger partial charge on any atom is -0.481 e. The zero-order valence-corrected chi connectivity index (χ0v) is 6.35. The fraction of sp³-hybridized carbons (Fsp3) is 0.571. The van der Waals surface area contributed by atoms with E-state index >= 15 is 0 Å². The van der Waals surface area contributed by atoms with Crippen molar-refractivity contribution in [3.63, 3.8) is 0 Å². The van der Waals surface area contributed by atoms with Crippen molar-refractivity contribution in [2.24, 2.45) is 5.73 Å². The van der Waals surface area contributed by atoms with Crippen molar-refractivity contribution in [2.45, 2.75) is 25.8 Å². The highest BCUT2D eigenvalue weighted by Crippen LogP contribution is 2.14. The molecule has 0 aromatic carbocycles. The van der Waals surface area contributed by atoms with Gasteiger partial charge in [-0.15, -0.1) is 0 Å². The Morgan fingerprint density at radius 1 is 1.80 bits per heavy atom. The molecule has 0 aliphatic heterocycles. The average Bonchev–Trinajstić information content (AvgIpc) is 1.60. The predicted molar refractivity (Wildman–Crippen MR) is 39.7 cm³/mol. The van der Waals surface area contributed by atoms with Gasteiger partial charge in [-0.2, -0.15) is 0 Å². The number of carbonyl (C=O) groups is 1. The van der Waals surface area contributed by atoms with E-state index in [-0.39, 0.29) is 6.42 Å². The monoisotopic (exact) mass is 143 g/mol. The van der Waals surface area contributed by atoms with Gasteiger partial charge in [-0.25, -0.2) is 0 Å². The molecular weight excluding hydrogens is 130 g/mol. The van der Waals surface area contributed by atoms with Crippen molar-refractivity contribution < 1.29 is 9.90 Å². The third-order valence-corrected chi connectivity index (χ3v) is 1.49. The third-order valence-electron chi connectivity index (χ3n) is 1.49. The summed E-state index contributed by atoms with van der Waals surface area (Å²) >= 11 is 0. The SMILES string of the molecule is C=C(C)[C@](C)(N)CC(=O)O. The van der Waals surface area contributed by atoms with Crippen LogP contribution in [0.5, 0.6) is 0 Å². The number of hydrogen-bond acceptors (Lipinski definition) is 2. The molecule has 1 atom stereocenters. The van der Waals surface area contributed by atoms with Crippen molar-refractivity contribution in [2.75, 3.05) is 0 Å². The Labute approximate surface area is 60.5 Å². The molecule has 0 aromatic rings. The van der Waals surface area contributed by atoms with E-state index in [1.54, 1.807) is 13.8 Å². The van der Waals surface area contributed by atoms with Crippen LogP contribution in [0.25, 0.3) is 0 Å². The van der Waals surface area contributed by atoms with Crippen molar-refractivity contribution in [1.29, 1.82) is 0 Å². The first kappa shape index (κ1) is 9.17. The highest BCUT2D eigenvalue weighted by Gasteiger charge is 2.22. The lowest BCUT2D eigenvalue weighted by Gasteiger charge is -2.22. The topological polar surface area (TPSA) is 63.3 Å². The standard InChI is InChI=1S/C7H13NO2/c1-5(2)7(3,8)4-6(9)10/h1,4,8H2,2-3H3,(H,9,10)/t7-/m1/s1. The quantitative estimate of drug-likeness (QED) is 0.573. The maximum absolute atomic E-state index is 10.2. The molecule has 3 N–H and O–H groups in total. The van der Waals surface area contributed by atoms with Crippen LogP contribution in [-0.2, 0) is 4.79 Å². The van der Waals surface area contributed by atoms with E-state index in [1.807, 2.05) is 0 Å². The van der Waals surface area contributed by atoms with E-state index in [0.29, 0.717) is 5.57 Å². The molecule has 58 valence electrons. The van der Waals surface area contributed by atoms with E-state index in [0.717, 1.165) is 0 Å². The Kier molecular flexibility index (Phi) is 2.60. The Morgan fingerprint density at radius 2 is 2.20 bits per heavy atom. The highest BCUT2D eigenvalue weighted by molar-refractivity contribution is 5.69. The summed E-state index contributed by atoms with van der Waals surface area (Å²) in [4.78, 5) is 10.2. The van der Waals surface area contributed by atoms with Gasteiger partial charge < -0.3 is 10.8 Å². The molecule has 3 heteroatoms. The molecular formula is C7H13NO2. The average molecular weight is 143 g/mol. The summed E-state index contributed by atoms with van der Waals surface area (Å²) in [5.74, 6) is -0.895. The van der Waals surface area contributed by atoms with Crippen LogP contribution in [0.3, 0.4) is 0 Å². The van der Waals surface area contributed by atoms with Crippen LogP contribution in [0.1, 0.15) is 20.3 Å². The fourth-order valence-electron chi connectivity index (χ4n) is 0.465. The second-order valence-electron chi connectivity index (χ2n) is 2.77. The van der Waals surface area contributed by atoms with Crippen LogP contribution < -0.4 is 5.73 Å². The zero-order chi connectivity index (χ0) is 8.36. The lowest BCUT2D eigenvalue weighted by molar-refractivity contribution is -0.137. The van der Waals surface area contributed by atoms with Crippen molar-refractivity contribution in [1.82, 2.24) is 0 Å². The maximum Gasteiger partial charge on any atom is 0.305 e. The van der Waals surface area contributed by atoms with Gasteiger partial charge in [0, 0.05) is 5.54 Å². The smallest absolute Gasteiger partial charge is 0.305 e. The Morgan fingerprint density at radius 3 is 2.30 bits per heavy atom. The van der Waals surface area contributed by atoms with Gasteiger partial charge in [0.1, 0.15) is 0 Å². The molecule has 0 rings (SSSR count). The molecule has 0 bridgehead atoms. The molecule has 0 fully saturated rings. The largest absolute Gasteiger partial charge is 0.481 e. The van der Waals surface area contributed by atoms with Crippen molar-refractivity contribution >= 4 is 5.97 Å². The summed E-state index contributed by atoms with van der Waals surface area (Å²) in [5.41, 5.74) is 5.50. The van der Waals surface area contributed by atoms with Crippen molar-refractivity contribution in [3.05, 3.63) is 12.2 Å². The summed E-state index contributed by atoms with van der Waals surface area (Å²) in [6.45, 7) is 6.97. The summed E-state index contributed by atoms with van der Waals surface area (Å²) in [5, 5.41) is 8.38. The van der Waals surface area contributed by atoms with Crippen LogP contribution in [0.15, 0.2) is 12.2 Å². The molecule has 0 saturated carbocycles. The number of carboxylic acids is 1. The van der Waals surface area contributed by atoms with E-state index in [4.69, 9.17) is 10.8 Å². The molecule has 0 heterocycles. The van der Waals surface area contributed by atoms with Crippen LogP contribution in [-0.4, -0.2) is 16.6 Å². The molecule has 0 saturated heterocycles. The first-order valence-corrected chi connectivity index (χ1v) is 3.03. The Bertz CT molecular complexity index is 161. The molecule has 0 radical (unpaired) electrons. The van der Waals surface area contributed by atoms with Gasteiger partial charge in [-0.3, -0.25) is 4.79 Å². The molecule has 3 nitrogen and oxygen atoms in total. The summed E-state index contributed by atoms with van der Waals surface area (Å²) < 4.78 is 0. The second kappa shape index (κ2) is 2.84. The van der Waals surface area contributed by atoms with E-state index < -0.39 is 11.5 Å². The molecule has 0 aliphatic rings. The van der Waals surface area contributed by atoms with Gasteiger partial charge >= 0.3 is 5.97 Å². The van der Waals surface area contributed by atoms with Gasteiger partial charge in [-0.05, 0) is 13.8 Å². The summed E-state index contributed by atoms with van der Waals surface area (Å²) in [6.07, 6.45) is -0.0671. The number of aliphatic carboxylic acids is 1. The number of hydrogen-bond donors (Lipinski definition) is 2. The minimum atomic E-state index is -0.895. The molecule has 10 heavy (non-hydrogen) atoms. The van der Waals surface area contributed by atoms with Gasteiger partial charge in [0.2, 0.25) is 0 Å². The van der Waals surface area contributed by atoms with Crippen LogP contribution in [0, 0.1) is 0 Å². The predicted octanol–water partition coefficient (Wildman–Crippen LogP) is 0.755. The zero-order valence-electron chi connectivity index (χ0n) is 6.35. The van der Waals surface area contributed by atoms with E-state index in [2.05, 4.69) is 6.58 Å². The number of rotatable bonds is 3. The first-order chi connectivity index (χ1) is 4.36. The Hall–Kier alpha value is -0.830. The minimum absolute atomic E-state index is 0.0671. The third kappa shape index (κ3) is 2.64. The molecule has 0 aliphatic carbocycles. The molecule has 0 aromatic heterocycles. The van der Waals surface area contributed by atoms with Gasteiger partial charge in [-0.1, -0.05) is 12.2 Å². The molecule has 0 amide bonds. The highest BCUT2D eigenvalue weighted by atomic mass is 16.4. The lowest BCUT2D eigenvalue weighted by Crippen LogP contribution is -2.39. The van der Waals surface area contributed by atoms with E-state index in [1.165, 1.54) is 0 Å². The number of carboxylic acid groups (broad SMARTS) is 1. The molecule has 0 spiro atoms. The van der Waals surface area contributed by atoms with Gasteiger partial charge in [0.25, 0.3) is 0 Å². The molecule has 0 unspecified atom stereocenters. The number of nitrogens with two attached hydrogens (primary N) is 1. The van der Waals surface area contributed by atoms with Gasteiger partial charge in [0.05, 0.1) is 6.42 Å². The summed E-state index contributed by atoms with van der Waals surface area (Å²) in [6, 6.07) is 0. The second-order valence-corrected chi connectivity index (χ2v) is 2.77. The van der Waals surface area contributed by atoms with Gasteiger partial charge in [0.15, 0.2) is 0 Å². The first-order valence-electron chi connectivity index (χ1n) is 3.03. The van der Waals surface area contributed by atoms with Crippen LogP contribution in [0.4, 0.5) is 0 Å². The van der Waals surface area contributed by atoms with Crippen molar-refractivity contribution in [3.8, 4) is 0 Å².